The summed E-state index contributed by atoms with van der Waals surface area (Å²) in [6.07, 6.45) is 6.67. The standard InChI is InChI=1S/C17H29N3O2/c1-12(2)15-11-16(20(3)19-15)17(22)18-14(9-10-21)13-7-5-4-6-8-13/h11-14,21H,4-10H2,1-3H3,(H,18,22). The van der Waals surface area contributed by atoms with Gasteiger partial charge in [0.15, 0.2) is 0 Å². The Morgan fingerprint density at radius 2 is 2.09 bits per heavy atom. The van der Waals surface area contributed by atoms with Gasteiger partial charge in [-0.05, 0) is 37.2 Å². The molecule has 1 aromatic heterocycles. The van der Waals surface area contributed by atoms with Crippen molar-refractivity contribution in [3.8, 4) is 0 Å². The van der Waals surface area contributed by atoms with Gasteiger partial charge in [-0.2, -0.15) is 5.10 Å². The predicted molar refractivity (Wildman–Crippen MR) is 86.8 cm³/mol. The number of rotatable bonds is 6. The molecule has 1 aromatic rings. The van der Waals surface area contributed by atoms with Crippen LogP contribution in [0.1, 0.15) is 74.5 Å². The number of aromatic nitrogens is 2. The second kappa shape index (κ2) is 7.77. The molecular formula is C17H29N3O2. The zero-order valence-corrected chi connectivity index (χ0v) is 14.0. The molecule has 1 saturated carbocycles. The molecule has 1 heterocycles. The van der Waals surface area contributed by atoms with Crippen molar-refractivity contribution in [3.05, 3.63) is 17.5 Å². The van der Waals surface area contributed by atoms with Gasteiger partial charge in [-0.3, -0.25) is 9.48 Å². The number of nitrogens with zero attached hydrogens (tertiary/aromatic N) is 2. The largest absolute Gasteiger partial charge is 0.396 e. The predicted octanol–water partition coefficient (Wildman–Crippen LogP) is 2.60. The molecule has 0 aliphatic heterocycles. The zero-order chi connectivity index (χ0) is 16.1. The highest BCUT2D eigenvalue weighted by molar-refractivity contribution is 5.92. The molecule has 1 aliphatic carbocycles. The summed E-state index contributed by atoms with van der Waals surface area (Å²) < 4.78 is 1.65. The van der Waals surface area contributed by atoms with Gasteiger partial charge in [0, 0.05) is 19.7 Å². The second-order valence-electron chi connectivity index (χ2n) is 6.72. The molecule has 1 fully saturated rings. The number of aliphatic hydroxyl groups is 1. The first-order chi connectivity index (χ1) is 10.5. The Balaban J connectivity index is 2.06. The van der Waals surface area contributed by atoms with Crippen LogP contribution in [0.2, 0.25) is 0 Å². The van der Waals surface area contributed by atoms with Crippen molar-refractivity contribution < 1.29 is 9.90 Å². The molecule has 22 heavy (non-hydrogen) atoms. The number of carbonyl (C=O) groups excluding carboxylic acids is 1. The molecule has 0 radical (unpaired) electrons. The van der Waals surface area contributed by atoms with Gasteiger partial charge in [0.1, 0.15) is 5.69 Å². The molecule has 0 bridgehead atoms. The van der Waals surface area contributed by atoms with Gasteiger partial charge in [0.25, 0.3) is 5.91 Å². The van der Waals surface area contributed by atoms with E-state index in [1.165, 1.54) is 19.3 Å². The lowest BCUT2D eigenvalue weighted by molar-refractivity contribution is 0.0890. The summed E-state index contributed by atoms with van der Waals surface area (Å²) in [5.41, 5.74) is 1.53. The third-order valence-electron chi connectivity index (χ3n) is 4.70. The van der Waals surface area contributed by atoms with Crippen LogP contribution in [-0.2, 0) is 7.05 Å². The average molecular weight is 307 g/mol. The summed E-state index contributed by atoms with van der Waals surface area (Å²) in [5.74, 6) is 0.716. The van der Waals surface area contributed by atoms with Crippen LogP contribution in [0.4, 0.5) is 0 Å². The second-order valence-corrected chi connectivity index (χ2v) is 6.72. The fourth-order valence-electron chi connectivity index (χ4n) is 3.33. The monoisotopic (exact) mass is 307 g/mol. The molecule has 1 aliphatic rings. The highest BCUT2D eigenvalue weighted by Crippen LogP contribution is 2.28. The van der Waals surface area contributed by atoms with Crippen molar-refractivity contribution in [2.75, 3.05) is 6.61 Å². The summed E-state index contributed by atoms with van der Waals surface area (Å²) in [6, 6.07) is 1.94. The van der Waals surface area contributed by atoms with E-state index in [1.807, 2.05) is 13.1 Å². The van der Waals surface area contributed by atoms with E-state index in [0.29, 0.717) is 24.0 Å². The average Bonchev–Trinajstić information content (AvgIpc) is 2.90. The highest BCUT2D eigenvalue weighted by atomic mass is 16.3. The maximum atomic E-state index is 12.6. The van der Waals surface area contributed by atoms with E-state index in [2.05, 4.69) is 24.3 Å². The minimum Gasteiger partial charge on any atom is -0.396 e. The molecule has 2 N–H and O–H groups in total. The first-order valence-electron chi connectivity index (χ1n) is 8.48. The lowest BCUT2D eigenvalue weighted by Gasteiger charge is -2.30. The Morgan fingerprint density at radius 3 is 2.64 bits per heavy atom. The highest BCUT2D eigenvalue weighted by Gasteiger charge is 2.26. The van der Waals surface area contributed by atoms with Crippen molar-refractivity contribution in [1.82, 2.24) is 15.1 Å². The number of hydrogen-bond acceptors (Lipinski definition) is 3. The quantitative estimate of drug-likeness (QED) is 0.849. The number of amides is 1. The van der Waals surface area contributed by atoms with Gasteiger partial charge in [-0.1, -0.05) is 33.1 Å². The molecule has 1 unspecified atom stereocenters. The van der Waals surface area contributed by atoms with Gasteiger partial charge in [-0.15, -0.1) is 0 Å². The molecule has 124 valence electrons. The maximum Gasteiger partial charge on any atom is 0.269 e. The van der Waals surface area contributed by atoms with Crippen molar-refractivity contribution in [1.29, 1.82) is 0 Å². The van der Waals surface area contributed by atoms with E-state index >= 15 is 0 Å². The Hall–Kier alpha value is -1.36. The Labute approximate surface area is 133 Å². The van der Waals surface area contributed by atoms with Crippen molar-refractivity contribution in [3.63, 3.8) is 0 Å². The fraction of sp³-hybridized carbons (Fsp3) is 0.765. The van der Waals surface area contributed by atoms with E-state index in [4.69, 9.17) is 0 Å². The number of aliphatic hydroxyl groups excluding tert-OH is 1. The molecule has 0 aromatic carbocycles. The van der Waals surface area contributed by atoms with Crippen LogP contribution in [0.15, 0.2) is 6.07 Å². The van der Waals surface area contributed by atoms with Gasteiger partial charge < -0.3 is 10.4 Å². The SMILES string of the molecule is CC(C)c1cc(C(=O)NC(CCO)C2CCCCC2)n(C)n1. The normalized spacial score (nSPS) is 17.7. The van der Waals surface area contributed by atoms with E-state index in [1.54, 1.807) is 4.68 Å². The van der Waals surface area contributed by atoms with E-state index in [0.717, 1.165) is 18.5 Å². The molecule has 0 saturated heterocycles. The molecule has 1 amide bonds. The lowest BCUT2D eigenvalue weighted by Crippen LogP contribution is -2.42. The van der Waals surface area contributed by atoms with Gasteiger partial charge >= 0.3 is 0 Å². The summed E-state index contributed by atoms with van der Waals surface area (Å²) in [5, 5.41) is 16.9. The molecule has 5 nitrogen and oxygen atoms in total. The molecule has 1 atom stereocenters. The van der Waals surface area contributed by atoms with Crippen LogP contribution in [0.3, 0.4) is 0 Å². The first-order valence-corrected chi connectivity index (χ1v) is 8.48. The molecule has 0 spiro atoms. The lowest BCUT2D eigenvalue weighted by atomic mass is 9.82. The minimum atomic E-state index is -0.0778. The third-order valence-corrected chi connectivity index (χ3v) is 4.70. The minimum absolute atomic E-state index is 0.0650. The summed E-state index contributed by atoms with van der Waals surface area (Å²) in [6.45, 7) is 4.26. The van der Waals surface area contributed by atoms with Gasteiger partial charge in [0.2, 0.25) is 0 Å². The van der Waals surface area contributed by atoms with Crippen LogP contribution in [-0.4, -0.2) is 33.4 Å². The summed E-state index contributed by atoms with van der Waals surface area (Å²) >= 11 is 0. The third kappa shape index (κ3) is 4.09. The first kappa shape index (κ1) is 17.0. The van der Waals surface area contributed by atoms with Crippen molar-refractivity contribution in [2.45, 2.75) is 64.3 Å². The number of hydrogen-bond donors (Lipinski definition) is 2. The van der Waals surface area contributed by atoms with E-state index < -0.39 is 0 Å². The van der Waals surface area contributed by atoms with Crippen molar-refractivity contribution in [2.24, 2.45) is 13.0 Å². The van der Waals surface area contributed by atoms with Crippen LogP contribution in [0, 0.1) is 5.92 Å². The Kier molecular flexibility index (Phi) is 6.00. The van der Waals surface area contributed by atoms with Crippen LogP contribution < -0.4 is 5.32 Å². The molecule has 5 heteroatoms. The smallest absolute Gasteiger partial charge is 0.269 e. The molecule has 2 rings (SSSR count). The van der Waals surface area contributed by atoms with Crippen LogP contribution in [0.5, 0.6) is 0 Å². The Morgan fingerprint density at radius 1 is 1.41 bits per heavy atom. The van der Waals surface area contributed by atoms with Crippen molar-refractivity contribution >= 4 is 5.91 Å². The number of nitrogens with one attached hydrogen (secondary N) is 1. The topological polar surface area (TPSA) is 67.2 Å². The number of carbonyl (C=O) groups is 1. The van der Waals surface area contributed by atoms with Crippen LogP contribution >= 0.6 is 0 Å². The van der Waals surface area contributed by atoms with E-state index in [9.17, 15) is 9.90 Å². The fourth-order valence-corrected chi connectivity index (χ4v) is 3.33. The Bertz CT molecular complexity index is 490. The molecular weight excluding hydrogens is 278 g/mol. The number of aryl methyl sites for hydroxylation is 1. The van der Waals surface area contributed by atoms with E-state index in [-0.39, 0.29) is 18.6 Å². The zero-order valence-electron chi connectivity index (χ0n) is 14.0. The van der Waals surface area contributed by atoms with Crippen LogP contribution in [0.25, 0.3) is 0 Å². The van der Waals surface area contributed by atoms with Gasteiger partial charge in [0.05, 0.1) is 5.69 Å². The van der Waals surface area contributed by atoms with Gasteiger partial charge in [-0.25, -0.2) is 0 Å². The maximum absolute atomic E-state index is 12.6. The summed E-state index contributed by atoms with van der Waals surface area (Å²) in [4.78, 5) is 12.6. The summed E-state index contributed by atoms with van der Waals surface area (Å²) in [7, 11) is 1.81.